The van der Waals surface area contributed by atoms with Crippen molar-refractivity contribution in [1.29, 1.82) is 0 Å². The number of hydrogen-bond acceptors (Lipinski definition) is 4. The van der Waals surface area contributed by atoms with Crippen molar-refractivity contribution in [2.75, 3.05) is 18.5 Å². The molecule has 0 radical (unpaired) electrons. The highest BCUT2D eigenvalue weighted by Crippen LogP contribution is 2.15. The number of anilines is 1. The zero-order valence-electron chi connectivity index (χ0n) is 11.5. The fraction of sp³-hybridized carbons (Fsp3) is 0.692. The molecule has 1 fully saturated rings. The molecule has 2 heterocycles. The number of amides is 1. The molecule has 2 rings (SSSR count). The molecule has 106 valence electrons. The highest BCUT2D eigenvalue weighted by molar-refractivity contribution is 5.93. The van der Waals surface area contributed by atoms with E-state index in [0.29, 0.717) is 12.3 Å². The lowest BCUT2D eigenvalue weighted by molar-refractivity contribution is -0.126. The molecule has 0 unspecified atom stereocenters. The second-order valence-electron chi connectivity index (χ2n) is 4.67. The SMILES string of the molecule is CCO[C@H](C)C(=O)Nc1cnn(C[C@H]2CCCO2)c1. The Labute approximate surface area is 113 Å². The lowest BCUT2D eigenvalue weighted by Gasteiger charge is -2.10. The van der Waals surface area contributed by atoms with E-state index in [1.165, 1.54) is 0 Å². The summed E-state index contributed by atoms with van der Waals surface area (Å²) in [5.74, 6) is -0.154. The number of ether oxygens (including phenoxy) is 2. The average Bonchev–Trinajstić information content (AvgIpc) is 3.02. The summed E-state index contributed by atoms with van der Waals surface area (Å²) in [4.78, 5) is 11.8. The summed E-state index contributed by atoms with van der Waals surface area (Å²) in [5, 5.41) is 7.00. The van der Waals surface area contributed by atoms with Gasteiger partial charge < -0.3 is 14.8 Å². The quantitative estimate of drug-likeness (QED) is 0.846. The van der Waals surface area contributed by atoms with Gasteiger partial charge in [0.2, 0.25) is 0 Å². The highest BCUT2D eigenvalue weighted by Gasteiger charge is 2.17. The molecule has 0 bridgehead atoms. The van der Waals surface area contributed by atoms with Gasteiger partial charge in [-0.2, -0.15) is 5.10 Å². The molecule has 1 saturated heterocycles. The summed E-state index contributed by atoms with van der Waals surface area (Å²) >= 11 is 0. The zero-order chi connectivity index (χ0) is 13.7. The molecular formula is C13H21N3O3. The van der Waals surface area contributed by atoms with Gasteiger partial charge in [-0.1, -0.05) is 0 Å². The minimum absolute atomic E-state index is 0.154. The third-order valence-electron chi connectivity index (χ3n) is 3.10. The fourth-order valence-corrected chi connectivity index (χ4v) is 2.09. The van der Waals surface area contributed by atoms with Gasteiger partial charge in [0, 0.05) is 19.4 Å². The Morgan fingerprint density at radius 3 is 3.26 bits per heavy atom. The summed E-state index contributed by atoms with van der Waals surface area (Å²) in [6.45, 7) is 5.68. The van der Waals surface area contributed by atoms with Gasteiger partial charge >= 0.3 is 0 Å². The topological polar surface area (TPSA) is 65.4 Å². The van der Waals surface area contributed by atoms with Crippen molar-refractivity contribution < 1.29 is 14.3 Å². The van der Waals surface area contributed by atoms with Crippen molar-refractivity contribution in [3.05, 3.63) is 12.4 Å². The fourth-order valence-electron chi connectivity index (χ4n) is 2.09. The minimum atomic E-state index is -0.452. The van der Waals surface area contributed by atoms with Crippen LogP contribution in [-0.4, -0.2) is 41.1 Å². The number of nitrogens with one attached hydrogen (secondary N) is 1. The smallest absolute Gasteiger partial charge is 0.253 e. The first-order chi connectivity index (χ1) is 9.19. The number of hydrogen-bond donors (Lipinski definition) is 1. The molecule has 0 aromatic carbocycles. The van der Waals surface area contributed by atoms with Crippen molar-refractivity contribution in [1.82, 2.24) is 9.78 Å². The summed E-state index contributed by atoms with van der Waals surface area (Å²) in [7, 11) is 0. The van der Waals surface area contributed by atoms with Crippen LogP contribution in [0.4, 0.5) is 5.69 Å². The van der Waals surface area contributed by atoms with Crippen molar-refractivity contribution in [3.8, 4) is 0 Å². The molecular weight excluding hydrogens is 246 g/mol. The molecule has 19 heavy (non-hydrogen) atoms. The van der Waals surface area contributed by atoms with Crippen molar-refractivity contribution >= 4 is 11.6 Å². The predicted molar refractivity (Wildman–Crippen MR) is 70.9 cm³/mol. The molecule has 2 atom stereocenters. The van der Waals surface area contributed by atoms with Crippen LogP contribution in [0.25, 0.3) is 0 Å². The monoisotopic (exact) mass is 267 g/mol. The first-order valence-corrected chi connectivity index (χ1v) is 6.75. The summed E-state index contributed by atoms with van der Waals surface area (Å²) in [6.07, 6.45) is 5.44. The van der Waals surface area contributed by atoms with Crippen molar-refractivity contribution in [2.45, 2.75) is 45.4 Å². The first-order valence-electron chi connectivity index (χ1n) is 6.75. The van der Waals surface area contributed by atoms with E-state index in [-0.39, 0.29) is 12.0 Å². The van der Waals surface area contributed by atoms with E-state index in [1.807, 2.05) is 13.1 Å². The second-order valence-corrected chi connectivity index (χ2v) is 4.67. The third-order valence-corrected chi connectivity index (χ3v) is 3.10. The predicted octanol–water partition coefficient (Wildman–Crippen LogP) is 1.43. The molecule has 6 heteroatoms. The van der Waals surface area contributed by atoms with E-state index < -0.39 is 6.10 Å². The Hall–Kier alpha value is -1.40. The first kappa shape index (κ1) is 14.0. The molecule has 6 nitrogen and oxygen atoms in total. The van der Waals surface area contributed by atoms with Gasteiger partial charge in [-0.05, 0) is 26.7 Å². The Bertz CT molecular complexity index is 413. The van der Waals surface area contributed by atoms with E-state index in [4.69, 9.17) is 9.47 Å². The Morgan fingerprint density at radius 1 is 1.74 bits per heavy atom. The van der Waals surface area contributed by atoms with Crippen LogP contribution in [0.15, 0.2) is 12.4 Å². The van der Waals surface area contributed by atoms with Crippen LogP contribution in [-0.2, 0) is 20.8 Å². The van der Waals surface area contributed by atoms with Gasteiger partial charge in [-0.15, -0.1) is 0 Å². The van der Waals surface area contributed by atoms with Crippen LogP contribution in [0.5, 0.6) is 0 Å². The molecule has 1 aliphatic heterocycles. The van der Waals surface area contributed by atoms with E-state index in [2.05, 4.69) is 10.4 Å². The third kappa shape index (κ3) is 4.04. The second kappa shape index (κ2) is 6.68. The van der Waals surface area contributed by atoms with Gasteiger partial charge in [0.1, 0.15) is 6.10 Å². The highest BCUT2D eigenvalue weighted by atomic mass is 16.5. The van der Waals surface area contributed by atoms with Crippen molar-refractivity contribution in [3.63, 3.8) is 0 Å². The Kier molecular flexibility index (Phi) is 4.93. The molecule has 1 aromatic heterocycles. The molecule has 0 saturated carbocycles. The lowest BCUT2D eigenvalue weighted by atomic mass is 10.2. The number of rotatable bonds is 6. The zero-order valence-corrected chi connectivity index (χ0v) is 11.5. The van der Waals surface area contributed by atoms with Crippen LogP contribution >= 0.6 is 0 Å². The van der Waals surface area contributed by atoms with E-state index in [0.717, 1.165) is 26.0 Å². The van der Waals surface area contributed by atoms with Gasteiger partial charge in [0.25, 0.3) is 5.91 Å². The van der Waals surface area contributed by atoms with Crippen LogP contribution in [0.1, 0.15) is 26.7 Å². The maximum Gasteiger partial charge on any atom is 0.253 e. The summed E-state index contributed by atoms with van der Waals surface area (Å²) < 4.78 is 12.6. The van der Waals surface area contributed by atoms with E-state index >= 15 is 0 Å². The standard InChI is InChI=1S/C13H21N3O3/c1-3-18-10(2)13(17)15-11-7-14-16(8-11)9-12-5-4-6-19-12/h7-8,10,12H,3-6,9H2,1-2H3,(H,15,17)/t10-,12-/m1/s1. The number of carbonyl (C=O) groups excluding carboxylic acids is 1. The van der Waals surface area contributed by atoms with Gasteiger partial charge in [-0.3, -0.25) is 9.48 Å². The normalized spacial score (nSPS) is 20.4. The minimum Gasteiger partial charge on any atom is -0.376 e. The van der Waals surface area contributed by atoms with Gasteiger partial charge in [0.15, 0.2) is 0 Å². The summed E-state index contributed by atoms with van der Waals surface area (Å²) in [5.41, 5.74) is 0.689. The molecule has 1 aliphatic rings. The van der Waals surface area contributed by atoms with Gasteiger partial charge in [0.05, 0.1) is 24.5 Å². The Morgan fingerprint density at radius 2 is 2.58 bits per heavy atom. The van der Waals surface area contributed by atoms with Crippen molar-refractivity contribution in [2.24, 2.45) is 0 Å². The van der Waals surface area contributed by atoms with E-state index in [9.17, 15) is 4.79 Å². The van der Waals surface area contributed by atoms with Gasteiger partial charge in [-0.25, -0.2) is 0 Å². The molecule has 0 spiro atoms. The largest absolute Gasteiger partial charge is 0.376 e. The maximum absolute atomic E-state index is 11.8. The van der Waals surface area contributed by atoms with Crippen LogP contribution < -0.4 is 5.32 Å². The Balaban J connectivity index is 1.84. The molecule has 1 N–H and O–H groups in total. The van der Waals surface area contributed by atoms with Crippen LogP contribution in [0.2, 0.25) is 0 Å². The number of carbonyl (C=O) groups is 1. The maximum atomic E-state index is 11.8. The van der Waals surface area contributed by atoms with Crippen LogP contribution in [0.3, 0.4) is 0 Å². The summed E-state index contributed by atoms with van der Waals surface area (Å²) in [6, 6.07) is 0. The lowest BCUT2D eigenvalue weighted by Crippen LogP contribution is -2.27. The average molecular weight is 267 g/mol. The molecule has 0 aliphatic carbocycles. The van der Waals surface area contributed by atoms with E-state index in [1.54, 1.807) is 17.8 Å². The number of nitrogens with zero attached hydrogens (tertiary/aromatic N) is 2. The molecule has 1 aromatic rings. The van der Waals surface area contributed by atoms with Crippen LogP contribution in [0, 0.1) is 0 Å². The molecule has 1 amide bonds. The number of aromatic nitrogens is 2.